The van der Waals surface area contributed by atoms with Gasteiger partial charge in [-0.1, -0.05) is 15.9 Å². The van der Waals surface area contributed by atoms with Crippen LogP contribution in [0.4, 0.5) is 11.4 Å². The van der Waals surface area contributed by atoms with Crippen LogP contribution in [0.15, 0.2) is 22.7 Å². The van der Waals surface area contributed by atoms with Crippen LogP contribution < -0.4 is 10.6 Å². The molecule has 0 saturated carbocycles. The number of aliphatic hydroxyl groups is 1. The maximum absolute atomic E-state index is 8.93. The molecule has 88 valence electrons. The van der Waals surface area contributed by atoms with Gasteiger partial charge >= 0.3 is 0 Å². The summed E-state index contributed by atoms with van der Waals surface area (Å²) >= 11 is 3.47. The van der Waals surface area contributed by atoms with Gasteiger partial charge in [0, 0.05) is 24.2 Å². The molecule has 4 heteroatoms. The first-order valence-electron chi connectivity index (χ1n) is 5.61. The van der Waals surface area contributed by atoms with Gasteiger partial charge in [0.1, 0.15) is 0 Å². The minimum absolute atomic E-state index is 0.284. The van der Waals surface area contributed by atoms with Crippen LogP contribution in [0.25, 0.3) is 0 Å². The number of anilines is 2. The lowest BCUT2D eigenvalue weighted by Gasteiger charge is -2.20. The maximum atomic E-state index is 8.93. The minimum Gasteiger partial charge on any atom is -0.397 e. The molecule has 1 aromatic carbocycles. The van der Waals surface area contributed by atoms with Gasteiger partial charge in [0.05, 0.1) is 11.4 Å². The highest BCUT2D eigenvalue weighted by molar-refractivity contribution is 9.10. The lowest BCUT2D eigenvalue weighted by molar-refractivity contribution is 0.263. The van der Waals surface area contributed by atoms with Gasteiger partial charge in [0.2, 0.25) is 0 Å². The highest BCUT2D eigenvalue weighted by Crippen LogP contribution is 2.32. The number of aliphatic hydroxyl groups excluding tert-OH is 1. The lowest BCUT2D eigenvalue weighted by atomic mass is 10.1. The molecule has 3 N–H and O–H groups in total. The number of nitrogens with zero attached hydrogens (tertiary/aromatic N) is 1. The first-order valence-corrected chi connectivity index (χ1v) is 6.41. The maximum Gasteiger partial charge on any atom is 0.0611 e. The lowest BCUT2D eigenvalue weighted by Crippen LogP contribution is -2.21. The molecule has 0 aliphatic carbocycles. The van der Waals surface area contributed by atoms with Crippen molar-refractivity contribution >= 4 is 27.3 Å². The van der Waals surface area contributed by atoms with Crippen LogP contribution in [-0.2, 0) is 0 Å². The molecule has 3 nitrogen and oxygen atoms in total. The molecule has 0 amide bonds. The first kappa shape index (κ1) is 11.7. The molecule has 1 aliphatic heterocycles. The molecule has 0 radical (unpaired) electrons. The van der Waals surface area contributed by atoms with Gasteiger partial charge in [-0.2, -0.15) is 0 Å². The van der Waals surface area contributed by atoms with E-state index in [1.807, 2.05) is 12.1 Å². The summed E-state index contributed by atoms with van der Waals surface area (Å²) in [6.07, 6.45) is 2.04. The van der Waals surface area contributed by atoms with Gasteiger partial charge < -0.3 is 15.7 Å². The second kappa shape index (κ2) is 5.06. The van der Waals surface area contributed by atoms with Crippen LogP contribution in [0, 0.1) is 5.92 Å². The van der Waals surface area contributed by atoms with Crippen molar-refractivity contribution in [3.8, 4) is 0 Å². The van der Waals surface area contributed by atoms with Gasteiger partial charge in [-0.25, -0.2) is 0 Å². The van der Waals surface area contributed by atoms with Crippen LogP contribution in [0.5, 0.6) is 0 Å². The predicted octanol–water partition coefficient (Wildman–Crippen LogP) is 2.24. The van der Waals surface area contributed by atoms with E-state index in [0.717, 1.165) is 41.8 Å². The van der Waals surface area contributed by atoms with E-state index in [4.69, 9.17) is 10.8 Å². The summed E-state index contributed by atoms with van der Waals surface area (Å²) in [4.78, 5) is 2.31. The average molecular weight is 285 g/mol. The molecule has 1 fully saturated rings. The zero-order valence-electron chi connectivity index (χ0n) is 9.19. The van der Waals surface area contributed by atoms with Crippen molar-refractivity contribution in [3.05, 3.63) is 22.7 Å². The number of hydrogen-bond acceptors (Lipinski definition) is 3. The number of halogens is 1. The second-order valence-corrected chi connectivity index (χ2v) is 5.23. The summed E-state index contributed by atoms with van der Waals surface area (Å²) in [5.74, 6) is 0.600. The first-order chi connectivity index (χ1) is 7.70. The quantitative estimate of drug-likeness (QED) is 0.837. The Hall–Kier alpha value is -0.740. The standard InChI is InChI=1S/C12H17BrN2O/c13-10-1-2-11(14)12(7-10)15-5-3-9(8-15)4-6-16/h1-2,7,9,16H,3-6,8,14H2. The Morgan fingerprint density at radius 1 is 1.50 bits per heavy atom. The number of nitrogens with two attached hydrogens (primary N) is 1. The zero-order valence-corrected chi connectivity index (χ0v) is 10.8. The summed E-state index contributed by atoms with van der Waals surface area (Å²) in [6, 6.07) is 5.95. The van der Waals surface area contributed by atoms with Crippen LogP contribution in [0.3, 0.4) is 0 Å². The van der Waals surface area contributed by atoms with E-state index in [-0.39, 0.29) is 6.61 Å². The molecule has 1 aromatic rings. The van der Waals surface area contributed by atoms with E-state index in [1.54, 1.807) is 0 Å². The largest absolute Gasteiger partial charge is 0.397 e. The minimum atomic E-state index is 0.284. The molecule has 0 spiro atoms. The van der Waals surface area contributed by atoms with Crippen molar-refractivity contribution in [2.75, 3.05) is 30.3 Å². The van der Waals surface area contributed by atoms with E-state index < -0.39 is 0 Å². The number of nitrogen functional groups attached to an aromatic ring is 1. The fourth-order valence-corrected chi connectivity index (χ4v) is 2.61. The molecule has 1 heterocycles. The highest BCUT2D eigenvalue weighted by Gasteiger charge is 2.23. The summed E-state index contributed by atoms with van der Waals surface area (Å²) in [7, 11) is 0. The van der Waals surface area contributed by atoms with Gasteiger partial charge in [-0.05, 0) is 37.0 Å². The number of benzene rings is 1. The Morgan fingerprint density at radius 2 is 2.31 bits per heavy atom. The molecule has 1 atom stereocenters. The van der Waals surface area contributed by atoms with Crippen molar-refractivity contribution < 1.29 is 5.11 Å². The molecule has 0 aromatic heterocycles. The van der Waals surface area contributed by atoms with Crippen molar-refractivity contribution in [2.24, 2.45) is 5.92 Å². The molecule has 1 aliphatic rings. The molecule has 16 heavy (non-hydrogen) atoms. The van der Waals surface area contributed by atoms with E-state index >= 15 is 0 Å². The topological polar surface area (TPSA) is 49.5 Å². The molecular weight excluding hydrogens is 268 g/mol. The Morgan fingerprint density at radius 3 is 3.06 bits per heavy atom. The van der Waals surface area contributed by atoms with Crippen molar-refractivity contribution in [2.45, 2.75) is 12.8 Å². The fourth-order valence-electron chi connectivity index (χ4n) is 2.26. The van der Waals surface area contributed by atoms with Crippen molar-refractivity contribution in [1.29, 1.82) is 0 Å². The number of hydrogen-bond donors (Lipinski definition) is 2. The molecular formula is C12H17BrN2O. The number of rotatable bonds is 3. The Bertz CT molecular complexity index is 370. The van der Waals surface area contributed by atoms with Gasteiger partial charge in [-0.15, -0.1) is 0 Å². The van der Waals surface area contributed by atoms with Crippen molar-refractivity contribution in [1.82, 2.24) is 0 Å². The molecule has 1 saturated heterocycles. The zero-order chi connectivity index (χ0) is 11.5. The average Bonchev–Trinajstić information content (AvgIpc) is 2.71. The monoisotopic (exact) mass is 284 g/mol. The third kappa shape index (κ3) is 2.50. The summed E-state index contributed by atoms with van der Waals surface area (Å²) in [5, 5.41) is 8.93. The normalized spacial score (nSPS) is 20.4. The van der Waals surface area contributed by atoms with E-state index in [1.165, 1.54) is 0 Å². The fraction of sp³-hybridized carbons (Fsp3) is 0.500. The third-order valence-electron chi connectivity index (χ3n) is 3.16. The summed E-state index contributed by atoms with van der Waals surface area (Å²) < 4.78 is 1.06. The third-order valence-corrected chi connectivity index (χ3v) is 3.65. The molecule has 1 unspecified atom stereocenters. The molecule has 0 bridgehead atoms. The van der Waals surface area contributed by atoms with Crippen LogP contribution >= 0.6 is 15.9 Å². The predicted molar refractivity (Wildman–Crippen MR) is 70.6 cm³/mol. The second-order valence-electron chi connectivity index (χ2n) is 4.32. The molecule has 2 rings (SSSR count). The smallest absolute Gasteiger partial charge is 0.0611 e. The van der Waals surface area contributed by atoms with E-state index in [2.05, 4.69) is 26.9 Å². The summed E-state index contributed by atoms with van der Waals surface area (Å²) in [6.45, 7) is 2.32. The van der Waals surface area contributed by atoms with Gasteiger partial charge in [-0.3, -0.25) is 0 Å². The van der Waals surface area contributed by atoms with Gasteiger partial charge in [0.15, 0.2) is 0 Å². The Kier molecular flexibility index (Phi) is 3.71. The van der Waals surface area contributed by atoms with Crippen LogP contribution in [0.1, 0.15) is 12.8 Å². The van der Waals surface area contributed by atoms with E-state index in [9.17, 15) is 0 Å². The van der Waals surface area contributed by atoms with Crippen LogP contribution in [0.2, 0.25) is 0 Å². The van der Waals surface area contributed by atoms with E-state index in [0.29, 0.717) is 5.92 Å². The summed E-state index contributed by atoms with van der Waals surface area (Å²) in [5.41, 5.74) is 7.91. The van der Waals surface area contributed by atoms with Gasteiger partial charge in [0.25, 0.3) is 0 Å². The SMILES string of the molecule is Nc1ccc(Br)cc1N1CCC(CCO)C1. The van der Waals surface area contributed by atoms with Crippen LogP contribution in [-0.4, -0.2) is 24.8 Å². The Labute approximate surface area is 104 Å². The Balaban J connectivity index is 2.11. The highest BCUT2D eigenvalue weighted by atomic mass is 79.9. The van der Waals surface area contributed by atoms with Crippen molar-refractivity contribution in [3.63, 3.8) is 0 Å².